The van der Waals surface area contributed by atoms with Gasteiger partial charge in [0.2, 0.25) is 0 Å². The zero-order valence-electron chi connectivity index (χ0n) is 11.0. The van der Waals surface area contributed by atoms with Gasteiger partial charge in [-0.05, 0) is 30.4 Å². The molecule has 2 aromatic carbocycles. The molecule has 92 valence electrons. The third-order valence-corrected chi connectivity index (χ3v) is 3.64. The molecule has 3 heteroatoms. The van der Waals surface area contributed by atoms with Gasteiger partial charge in [-0.1, -0.05) is 42.5 Å². The number of nitrogens with zero attached hydrogens (tertiary/aromatic N) is 1. The maximum atomic E-state index is 9.35. The molecule has 2 aromatic rings. The smallest absolute Gasteiger partial charge is 0.186 e. The third-order valence-electron chi connectivity index (χ3n) is 2.69. The van der Waals surface area contributed by atoms with Crippen LogP contribution in [0.4, 0.5) is 0 Å². The van der Waals surface area contributed by atoms with Crippen LogP contribution in [-0.4, -0.2) is 8.32 Å². The van der Waals surface area contributed by atoms with Crippen molar-refractivity contribution in [2.24, 2.45) is 0 Å². The van der Waals surface area contributed by atoms with Crippen LogP contribution >= 0.6 is 0 Å². The maximum Gasteiger partial charge on any atom is 0.186 e. The highest BCUT2D eigenvalue weighted by Gasteiger charge is 2.23. The number of rotatable bonds is 3. The summed E-state index contributed by atoms with van der Waals surface area (Å²) in [4.78, 5) is 0. The van der Waals surface area contributed by atoms with Gasteiger partial charge in [0.1, 0.15) is 0 Å². The summed E-state index contributed by atoms with van der Waals surface area (Å²) in [5, 5.41) is 11.6. The van der Waals surface area contributed by atoms with E-state index in [-0.39, 0.29) is 0 Å². The van der Waals surface area contributed by atoms with E-state index >= 15 is 0 Å². The van der Waals surface area contributed by atoms with E-state index in [0.29, 0.717) is 0 Å². The first-order valence-corrected chi connectivity index (χ1v) is 9.47. The summed E-state index contributed by atoms with van der Waals surface area (Å²) < 4.78 is 5.96. The van der Waals surface area contributed by atoms with Crippen molar-refractivity contribution < 1.29 is 4.43 Å². The Labute approximate surface area is 109 Å². The summed E-state index contributed by atoms with van der Waals surface area (Å²) in [7, 11) is -1.73. The lowest BCUT2D eigenvalue weighted by Crippen LogP contribution is -2.27. The topological polar surface area (TPSA) is 33.0 Å². The van der Waals surface area contributed by atoms with Crippen molar-refractivity contribution in [2.75, 3.05) is 0 Å². The Morgan fingerprint density at radius 3 is 2.39 bits per heavy atom. The Balaban J connectivity index is 2.49. The lowest BCUT2D eigenvalue weighted by Gasteiger charge is -2.22. The van der Waals surface area contributed by atoms with Crippen LogP contribution in [0.25, 0.3) is 10.8 Å². The van der Waals surface area contributed by atoms with Crippen LogP contribution in [0.2, 0.25) is 19.6 Å². The molecule has 2 rings (SSSR count). The van der Waals surface area contributed by atoms with Gasteiger partial charge < -0.3 is 4.43 Å². The minimum Gasteiger partial charge on any atom is -0.399 e. The molecule has 1 unspecified atom stereocenters. The molecular formula is C15H17NOSi. The molecule has 0 aromatic heterocycles. The highest BCUT2D eigenvalue weighted by molar-refractivity contribution is 6.69. The number of hydrogen-bond acceptors (Lipinski definition) is 2. The van der Waals surface area contributed by atoms with Crippen LogP contribution < -0.4 is 0 Å². The average Bonchev–Trinajstić information content (AvgIpc) is 2.34. The van der Waals surface area contributed by atoms with Crippen LogP contribution in [0.15, 0.2) is 42.5 Å². The SMILES string of the molecule is C[Si](C)(C)OC(C#N)c1cccc2ccccc12. The summed E-state index contributed by atoms with van der Waals surface area (Å²) in [5.41, 5.74) is 0.970. The summed E-state index contributed by atoms with van der Waals surface area (Å²) in [5.74, 6) is 0. The molecule has 0 bridgehead atoms. The Kier molecular flexibility index (Phi) is 3.51. The molecule has 0 radical (unpaired) electrons. The molecule has 0 spiro atoms. The molecule has 0 fully saturated rings. The van der Waals surface area contributed by atoms with Crippen LogP contribution in [-0.2, 0) is 4.43 Å². The fraction of sp³-hybridized carbons (Fsp3) is 0.267. The molecule has 2 nitrogen and oxygen atoms in total. The van der Waals surface area contributed by atoms with Crippen molar-refractivity contribution >= 4 is 19.1 Å². The predicted molar refractivity (Wildman–Crippen MR) is 76.7 cm³/mol. The molecule has 0 saturated heterocycles. The molecule has 18 heavy (non-hydrogen) atoms. The van der Waals surface area contributed by atoms with Crippen LogP contribution in [0, 0.1) is 11.3 Å². The average molecular weight is 255 g/mol. The van der Waals surface area contributed by atoms with Gasteiger partial charge in [0.25, 0.3) is 0 Å². The van der Waals surface area contributed by atoms with Crippen molar-refractivity contribution in [3.63, 3.8) is 0 Å². The second kappa shape index (κ2) is 4.93. The van der Waals surface area contributed by atoms with Crippen molar-refractivity contribution in [1.29, 1.82) is 5.26 Å². The van der Waals surface area contributed by atoms with Gasteiger partial charge in [-0.3, -0.25) is 0 Å². The van der Waals surface area contributed by atoms with Gasteiger partial charge in [-0.25, -0.2) is 0 Å². The van der Waals surface area contributed by atoms with Gasteiger partial charge in [-0.15, -0.1) is 0 Å². The summed E-state index contributed by atoms with van der Waals surface area (Å²) in [6.45, 7) is 6.30. The van der Waals surface area contributed by atoms with Crippen LogP contribution in [0.1, 0.15) is 11.7 Å². The number of nitriles is 1. The Bertz CT molecular complexity index is 590. The van der Waals surface area contributed by atoms with Gasteiger partial charge >= 0.3 is 0 Å². The Morgan fingerprint density at radius 2 is 1.72 bits per heavy atom. The van der Waals surface area contributed by atoms with Gasteiger partial charge in [0.05, 0.1) is 6.07 Å². The highest BCUT2D eigenvalue weighted by Crippen LogP contribution is 2.28. The van der Waals surface area contributed by atoms with Crippen molar-refractivity contribution in [1.82, 2.24) is 0 Å². The van der Waals surface area contributed by atoms with E-state index in [0.717, 1.165) is 16.3 Å². The van der Waals surface area contributed by atoms with E-state index in [1.54, 1.807) is 0 Å². The summed E-state index contributed by atoms with van der Waals surface area (Å²) >= 11 is 0. The molecule has 0 aliphatic heterocycles. The van der Waals surface area contributed by atoms with Crippen molar-refractivity contribution in [2.45, 2.75) is 25.7 Å². The first kappa shape index (κ1) is 12.8. The van der Waals surface area contributed by atoms with Crippen molar-refractivity contribution in [3.05, 3.63) is 48.0 Å². The minimum absolute atomic E-state index is 0.470. The highest BCUT2D eigenvalue weighted by atomic mass is 28.4. The normalized spacial score (nSPS) is 13.2. The lowest BCUT2D eigenvalue weighted by atomic mass is 10.0. The van der Waals surface area contributed by atoms with Gasteiger partial charge in [0, 0.05) is 5.56 Å². The fourth-order valence-corrected chi connectivity index (χ4v) is 2.88. The lowest BCUT2D eigenvalue weighted by molar-refractivity contribution is 0.256. The molecule has 0 aliphatic rings. The zero-order chi connectivity index (χ0) is 13.2. The number of benzene rings is 2. The predicted octanol–water partition coefficient (Wildman–Crippen LogP) is 4.26. The molecule has 0 heterocycles. The van der Waals surface area contributed by atoms with E-state index in [4.69, 9.17) is 4.43 Å². The monoisotopic (exact) mass is 255 g/mol. The second-order valence-corrected chi connectivity index (χ2v) is 9.77. The summed E-state index contributed by atoms with van der Waals surface area (Å²) in [6.07, 6.45) is -0.470. The largest absolute Gasteiger partial charge is 0.399 e. The first-order valence-electron chi connectivity index (χ1n) is 6.06. The van der Waals surface area contributed by atoms with Crippen LogP contribution in [0.5, 0.6) is 0 Å². The molecular weight excluding hydrogens is 238 g/mol. The molecule has 0 amide bonds. The second-order valence-electron chi connectivity index (χ2n) is 5.31. The van der Waals surface area contributed by atoms with E-state index in [1.807, 2.05) is 30.3 Å². The zero-order valence-corrected chi connectivity index (χ0v) is 12.0. The standard InChI is InChI=1S/C15H17NOSi/c1-18(2,3)17-15(11-16)14-10-6-8-12-7-4-5-9-13(12)14/h4-10,15H,1-3H3. The third kappa shape index (κ3) is 2.78. The van der Waals surface area contributed by atoms with E-state index in [1.165, 1.54) is 0 Å². The van der Waals surface area contributed by atoms with E-state index < -0.39 is 14.4 Å². The fourth-order valence-electron chi connectivity index (χ4n) is 1.99. The number of hydrogen-bond donors (Lipinski definition) is 0. The van der Waals surface area contributed by atoms with Crippen molar-refractivity contribution in [3.8, 4) is 6.07 Å². The molecule has 0 aliphatic carbocycles. The summed E-state index contributed by atoms with van der Waals surface area (Å²) in [6, 6.07) is 16.4. The van der Waals surface area contributed by atoms with Gasteiger partial charge in [0.15, 0.2) is 14.4 Å². The maximum absolute atomic E-state index is 9.35. The first-order chi connectivity index (χ1) is 8.51. The minimum atomic E-state index is -1.73. The molecule has 0 saturated carbocycles. The molecule has 0 N–H and O–H groups in total. The molecule has 1 atom stereocenters. The Hall–Kier alpha value is -1.63. The van der Waals surface area contributed by atoms with Crippen LogP contribution in [0.3, 0.4) is 0 Å². The van der Waals surface area contributed by atoms with E-state index in [9.17, 15) is 5.26 Å². The number of fused-ring (bicyclic) bond motifs is 1. The van der Waals surface area contributed by atoms with E-state index in [2.05, 4.69) is 37.8 Å². The quantitative estimate of drug-likeness (QED) is 0.768. The van der Waals surface area contributed by atoms with Gasteiger partial charge in [-0.2, -0.15) is 5.26 Å². The Morgan fingerprint density at radius 1 is 1.06 bits per heavy atom.